The Morgan fingerprint density at radius 1 is 0.943 bits per heavy atom. The molecule has 9 heteroatoms. The number of nitrogens with zero attached hydrogens (tertiary/aromatic N) is 8. The van der Waals surface area contributed by atoms with Crippen molar-refractivity contribution in [3.05, 3.63) is 78.6 Å². The highest BCUT2D eigenvalue weighted by molar-refractivity contribution is 5.87. The first-order valence-electron chi connectivity index (χ1n) is 11.3. The predicted octanol–water partition coefficient (Wildman–Crippen LogP) is 3.64. The van der Waals surface area contributed by atoms with Crippen LogP contribution >= 0.6 is 0 Å². The van der Waals surface area contributed by atoms with Crippen LogP contribution in [0.15, 0.2) is 67.5 Å². The maximum atomic E-state index is 9.63. The van der Waals surface area contributed by atoms with Crippen molar-refractivity contribution in [2.45, 2.75) is 13.0 Å². The summed E-state index contributed by atoms with van der Waals surface area (Å²) in [6.07, 6.45) is 11.0. The highest BCUT2D eigenvalue weighted by Crippen LogP contribution is 2.32. The zero-order valence-corrected chi connectivity index (χ0v) is 19.3. The van der Waals surface area contributed by atoms with Crippen molar-refractivity contribution in [1.29, 1.82) is 5.26 Å². The lowest BCUT2D eigenvalue weighted by molar-refractivity contribution is 0.160. The van der Waals surface area contributed by atoms with E-state index in [1.54, 1.807) is 15.4 Å². The van der Waals surface area contributed by atoms with Gasteiger partial charge in [-0.25, -0.2) is 14.5 Å². The van der Waals surface area contributed by atoms with Crippen LogP contribution in [-0.2, 0) is 7.05 Å². The number of aromatic nitrogens is 6. The number of hydrogen-bond acceptors (Lipinski definition) is 7. The minimum Gasteiger partial charge on any atom is -0.471 e. The molecule has 0 unspecified atom stereocenters. The van der Waals surface area contributed by atoms with Gasteiger partial charge < -0.3 is 9.64 Å². The number of anilines is 1. The van der Waals surface area contributed by atoms with E-state index in [9.17, 15) is 5.26 Å². The standard InChI is InChI=1S/C26H22N8O/c1-17-3-6-25(29-9-17)35-22-15-33(16-22)24-5-4-18(10-28-24)23-7-19(21-12-30-32(2)13-21)14-34-26(23)20(8-27)11-31-34/h3-7,9-14,22H,15-16H2,1-2H3. The van der Waals surface area contributed by atoms with Crippen LogP contribution in [0.5, 0.6) is 5.88 Å². The lowest BCUT2D eigenvalue weighted by Crippen LogP contribution is -2.54. The molecule has 6 heterocycles. The molecule has 0 N–H and O–H groups in total. The maximum Gasteiger partial charge on any atom is 0.213 e. The Bertz CT molecular complexity index is 1550. The molecule has 0 saturated carbocycles. The van der Waals surface area contributed by atoms with Gasteiger partial charge in [0.1, 0.15) is 18.0 Å². The third-order valence-electron chi connectivity index (χ3n) is 6.17. The molecular weight excluding hydrogens is 440 g/mol. The largest absolute Gasteiger partial charge is 0.471 e. The van der Waals surface area contributed by atoms with Crippen LogP contribution < -0.4 is 9.64 Å². The molecule has 6 rings (SSSR count). The molecule has 0 spiro atoms. The second kappa shape index (κ2) is 8.25. The molecule has 35 heavy (non-hydrogen) atoms. The molecule has 5 aromatic heterocycles. The average molecular weight is 463 g/mol. The summed E-state index contributed by atoms with van der Waals surface area (Å²) in [7, 11) is 1.88. The van der Waals surface area contributed by atoms with Crippen LogP contribution in [0.4, 0.5) is 5.82 Å². The van der Waals surface area contributed by atoms with Crippen LogP contribution in [0.3, 0.4) is 0 Å². The zero-order valence-electron chi connectivity index (χ0n) is 19.3. The molecule has 0 atom stereocenters. The first-order chi connectivity index (χ1) is 17.1. The number of ether oxygens (including phenoxy) is 1. The molecule has 5 aromatic rings. The molecule has 1 aliphatic heterocycles. The third-order valence-corrected chi connectivity index (χ3v) is 6.17. The Balaban J connectivity index is 1.26. The number of fused-ring (bicyclic) bond motifs is 1. The zero-order chi connectivity index (χ0) is 23.9. The Hall–Kier alpha value is -4.71. The Morgan fingerprint density at radius 2 is 1.83 bits per heavy atom. The van der Waals surface area contributed by atoms with Crippen LogP contribution in [-0.4, -0.2) is 48.6 Å². The molecule has 0 amide bonds. The van der Waals surface area contributed by atoms with Gasteiger partial charge in [0.25, 0.3) is 0 Å². The number of hydrogen-bond donors (Lipinski definition) is 0. The fourth-order valence-electron chi connectivity index (χ4n) is 4.28. The van der Waals surface area contributed by atoms with Crippen LogP contribution in [0.25, 0.3) is 27.8 Å². The molecular formula is C26H22N8O. The molecule has 1 saturated heterocycles. The number of aryl methyl sites for hydroxylation is 2. The van der Waals surface area contributed by atoms with Gasteiger partial charge in [0.2, 0.25) is 5.88 Å². The van der Waals surface area contributed by atoms with Gasteiger partial charge in [0.05, 0.1) is 36.6 Å². The fourth-order valence-corrected chi connectivity index (χ4v) is 4.28. The van der Waals surface area contributed by atoms with Gasteiger partial charge in [0, 0.05) is 60.2 Å². The van der Waals surface area contributed by atoms with Gasteiger partial charge in [-0.15, -0.1) is 0 Å². The van der Waals surface area contributed by atoms with Crippen molar-refractivity contribution in [3.63, 3.8) is 0 Å². The SMILES string of the molecule is Cc1ccc(OC2CN(c3ccc(-c4cc(-c5cnn(C)c5)cn5ncc(C#N)c45)cn3)C2)nc1. The van der Waals surface area contributed by atoms with Gasteiger partial charge >= 0.3 is 0 Å². The van der Waals surface area contributed by atoms with E-state index in [1.807, 2.05) is 69.2 Å². The van der Waals surface area contributed by atoms with Gasteiger partial charge in [-0.1, -0.05) is 6.07 Å². The van der Waals surface area contributed by atoms with Crippen LogP contribution in [0.1, 0.15) is 11.1 Å². The van der Waals surface area contributed by atoms with Crippen LogP contribution in [0.2, 0.25) is 0 Å². The maximum absolute atomic E-state index is 9.63. The Kier molecular flexibility index (Phi) is 4.92. The number of nitriles is 1. The molecule has 0 aromatic carbocycles. The van der Waals surface area contributed by atoms with Gasteiger partial charge in [-0.05, 0) is 30.7 Å². The first-order valence-corrected chi connectivity index (χ1v) is 11.3. The van der Waals surface area contributed by atoms with Crippen molar-refractivity contribution in [2.75, 3.05) is 18.0 Å². The number of pyridine rings is 3. The van der Waals surface area contributed by atoms with Gasteiger partial charge in [-0.3, -0.25) is 4.68 Å². The molecule has 0 radical (unpaired) electrons. The molecule has 9 nitrogen and oxygen atoms in total. The van der Waals surface area contributed by atoms with Gasteiger partial charge in [0.15, 0.2) is 0 Å². The molecule has 1 aliphatic rings. The van der Waals surface area contributed by atoms with E-state index in [-0.39, 0.29) is 6.10 Å². The van der Waals surface area contributed by atoms with E-state index in [1.165, 1.54) is 0 Å². The summed E-state index contributed by atoms with van der Waals surface area (Å²) in [4.78, 5) is 11.2. The smallest absolute Gasteiger partial charge is 0.213 e. The van der Waals surface area contributed by atoms with Crippen molar-refractivity contribution in [3.8, 4) is 34.2 Å². The average Bonchev–Trinajstić information content (AvgIpc) is 3.48. The number of rotatable bonds is 5. The highest BCUT2D eigenvalue weighted by Gasteiger charge is 2.30. The Labute approximate surface area is 201 Å². The lowest BCUT2D eigenvalue weighted by Gasteiger charge is -2.39. The van der Waals surface area contributed by atoms with Gasteiger partial charge in [-0.2, -0.15) is 15.5 Å². The van der Waals surface area contributed by atoms with E-state index < -0.39 is 0 Å². The van der Waals surface area contributed by atoms with Crippen molar-refractivity contribution >= 4 is 11.3 Å². The van der Waals surface area contributed by atoms with E-state index >= 15 is 0 Å². The molecule has 0 bridgehead atoms. The van der Waals surface area contributed by atoms with E-state index in [0.717, 1.165) is 52.2 Å². The minimum atomic E-state index is 0.0902. The summed E-state index contributed by atoms with van der Waals surface area (Å²) in [6.45, 7) is 3.51. The second-order valence-electron chi connectivity index (χ2n) is 8.73. The summed E-state index contributed by atoms with van der Waals surface area (Å²) in [5.74, 6) is 1.54. The highest BCUT2D eigenvalue weighted by atomic mass is 16.5. The molecule has 0 aliphatic carbocycles. The third kappa shape index (κ3) is 3.85. The fraction of sp³-hybridized carbons (Fsp3) is 0.192. The molecule has 1 fully saturated rings. The summed E-state index contributed by atoms with van der Waals surface area (Å²) in [5.41, 5.74) is 6.15. The summed E-state index contributed by atoms with van der Waals surface area (Å²) >= 11 is 0. The summed E-state index contributed by atoms with van der Waals surface area (Å²) < 4.78 is 9.46. The topological polar surface area (TPSA) is 97.2 Å². The monoisotopic (exact) mass is 462 g/mol. The van der Waals surface area contributed by atoms with Crippen molar-refractivity contribution < 1.29 is 4.74 Å². The van der Waals surface area contributed by atoms with Crippen molar-refractivity contribution in [2.24, 2.45) is 7.05 Å². The summed E-state index contributed by atoms with van der Waals surface area (Å²) in [5, 5.41) is 18.3. The van der Waals surface area contributed by atoms with Crippen molar-refractivity contribution in [1.82, 2.24) is 29.4 Å². The quantitative estimate of drug-likeness (QED) is 0.393. The van der Waals surface area contributed by atoms with E-state index in [4.69, 9.17) is 9.72 Å². The normalized spacial score (nSPS) is 13.6. The van der Waals surface area contributed by atoms with Crippen LogP contribution in [0, 0.1) is 18.3 Å². The summed E-state index contributed by atoms with van der Waals surface area (Å²) in [6, 6.07) is 12.3. The Morgan fingerprint density at radius 3 is 2.51 bits per heavy atom. The molecule has 172 valence electrons. The van der Waals surface area contributed by atoms with E-state index in [2.05, 4.69) is 32.2 Å². The first kappa shape index (κ1) is 20.9. The predicted molar refractivity (Wildman–Crippen MR) is 131 cm³/mol. The minimum absolute atomic E-state index is 0.0902. The second-order valence-corrected chi connectivity index (χ2v) is 8.73. The van der Waals surface area contributed by atoms with E-state index in [0.29, 0.717) is 11.4 Å². The lowest BCUT2D eigenvalue weighted by atomic mass is 10.0.